The molecule has 7 heteroatoms. The van der Waals surface area contributed by atoms with Crippen molar-refractivity contribution in [2.45, 2.75) is 13.8 Å². The lowest BCUT2D eigenvalue weighted by Gasteiger charge is -2.11. The number of rotatable bonds is 5. The summed E-state index contributed by atoms with van der Waals surface area (Å²) >= 11 is 5.98. The summed E-state index contributed by atoms with van der Waals surface area (Å²) < 4.78 is 0. The van der Waals surface area contributed by atoms with Gasteiger partial charge in [0.2, 0.25) is 11.9 Å². The third kappa shape index (κ3) is 4.70. The van der Waals surface area contributed by atoms with Crippen molar-refractivity contribution in [2.75, 3.05) is 16.0 Å². The van der Waals surface area contributed by atoms with Crippen LogP contribution in [-0.2, 0) is 4.79 Å². The van der Waals surface area contributed by atoms with E-state index in [4.69, 9.17) is 11.6 Å². The molecule has 6 nitrogen and oxygen atoms in total. The molecule has 0 saturated heterocycles. The van der Waals surface area contributed by atoms with Crippen LogP contribution in [-0.4, -0.2) is 15.9 Å². The summed E-state index contributed by atoms with van der Waals surface area (Å²) in [5, 5.41) is 9.81. The Balaban J connectivity index is 1.72. The SMILES string of the molecule is CC(=O)Nc1ccc(Nc2ccnc(Nc3ccc(Cl)cc3C)n2)cc1. The van der Waals surface area contributed by atoms with Crippen molar-refractivity contribution in [3.63, 3.8) is 0 Å². The summed E-state index contributed by atoms with van der Waals surface area (Å²) in [6, 6.07) is 14.7. The molecular weight excluding hydrogens is 350 g/mol. The lowest BCUT2D eigenvalue weighted by Crippen LogP contribution is -2.05. The Morgan fingerprint density at radius 1 is 1.00 bits per heavy atom. The normalized spacial score (nSPS) is 10.3. The molecule has 0 spiro atoms. The van der Waals surface area contributed by atoms with Gasteiger partial charge in [-0.1, -0.05) is 11.6 Å². The number of aryl methyl sites for hydroxylation is 1. The number of carbonyl (C=O) groups excluding carboxylic acids is 1. The van der Waals surface area contributed by atoms with Gasteiger partial charge < -0.3 is 16.0 Å². The van der Waals surface area contributed by atoms with E-state index in [0.29, 0.717) is 16.8 Å². The summed E-state index contributed by atoms with van der Waals surface area (Å²) in [5.41, 5.74) is 3.50. The van der Waals surface area contributed by atoms with Gasteiger partial charge in [0.25, 0.3) is 0 Å². The Bertz CT molecular complexity index is 927. The van der Waals surface area contributed by atoms with Crippen LogP contribution < -0.4 is 16.0 Å². The van der Waals surface area contributed by atoms with E-state index in [2.05, 4.69) is 25.9 Å². The van der Waals surface area contributed by atoms with Gasteiger partial charge in [0, 0.05) is 35.2 Å². The van der Waals surface area contributed by atoms with E-state index < -0.39 is 0 Å². The molecule has 0 saturated carbocycles. The van der Waals surface area contributed by atoms with Gasteiger partial charge in [-0.3, -0.25) is 4.79 Å². The maximum atomic E-state index is 11.1. The van der Waals surface area contributed by atoms with Crippen LogP contribution in [0, 0.1) is 6.92 Å². The van der Waals surface area contributed by atoms with Crippen molar-refractivity contribution in [1.82, 2.24) is 9.97 Å². The average Bonchev–Trinajstić information content (AvgIpc) is 2.59. The number of amides is 1. The number of carbonyl (C=O) groups is 1. The zero-order valence-corrected chi connectivity index (χ0v) is 15.1. The lowest BCUT2D eigenvalue weighted by molar-refractivity contribution is -0.114. The van der Waals surface area contributed by atoms with Gasteiger partial charge in [-0.15, -0.1) is 0 Å². The summed E-state index contributed by atoms with van der Waals surface area (Å²) in [6.45, 7) is 3.44. The highest BCUT2D eigenvalue weighted by Crippen LogP contribution is 2.23. The van der Waals surface area contributed by atoms with Crippen LogP contribution in [0.15, 0.2) is 54.7 Å². The van der Waals surface area contributed by atoms with Crippen molar-refractivity contribution >= 4 is 46.3 Å². The molecule has 0 unspecified atom stereocenters. The first-order valence-electron chi connectivity index (χ1n) is 8.00. The number of nitrogens with one attached hydrogen (secondary N) is 3. The third-order valence-corrected chi connectivity index (χ3v) is 3.80. The topological polar surface area (TPSA) is 78.9 Å². The monoisotopic (exact) mass is 367 g/mol. The maximum Gasteiger partial charge on any atom is 0.229 e. The van der Waals surface area contributed by atoms with Crippen LogP contribution in [0.25, 0.3) is 0 Å². The summed E-state index contributed by atoms with van der Waals surface area (Å²) in [7, 11) is 0. The summed E-state index contributed by atoms with van der Waals surface area (Å²) in [5.74, 6) is 1.03. The van der Waals surface area contributed by atoms with Crippen LogP contribution in [0.3, 0.4) is 0 Å². The van der Waals surface area contributed by atoms with Gasteiger partial charge in [-0.05, 0) is 61.0 Å². The van der Waals surface area contributed by atoms with Crippen LogP contribution >= 0.6 is 11.6 Å². The first-order chi connectivity index (χ1) is 12.5. The molecule has 0 aliphatic heterocycles. The number of hydrogen-bond donors (Lipinski definition) is 3. The fourth-order valence-electron chi connectivity index (χ4n) is 2.36. The standard InChI is InChI=1S/C19H18ClN5O/c1-12-11-14(20)3-8-17(12)24-19-21-10-9-18(25-19)23-16-6-4-15(5-7-16)22-13(2)26/h3-11H,1-2H3,(H,22,26)(H2,21,23,24,25). The number of halogens is 1. The highest BCUT2D eigenvalue weighted by atomic mass is 35.5. The molecule has 3 rings (SSSR count). The van der Waals surface area contributed by atoms with E-state index in [9.17, 15) is 4.79 Å². The van der Waals surface area contributed by atoms with Crippen molar-refractivity contribution in [3.8, 4) is 0 Å². The number of hydrogen-bond acceptors (Lipinski definition) is 5. The van der Waals surface area contributed by atoms with Gasteiger partial charge in [-0.2, -0.15) is 4.98 Å². The third-order valence-electron chi connectivity index (χ3n) is 3.57. The van der Waals surface area contributed by atoms with E-state index in [0.717, 1.165) is 22.6 Å². The Kier molecular flexibility index (Phi) is 5.34. The van der Waals surface area contributed by atoms with Crippen LogP contribution in [0.4, 0.5) is 28.8 Å². The molecular formula is C19H18ClN5O. The summed E-state index contributed by atoms with van der Waals surface area (Å²) in [4.78, 5) is 19.8. The van der Waals surface area contributed by atoms with Gasteiger partial charge in [-0.25, -0.2) is 4.98 Å². The van der Waals surface area contributed by atoms with Crippen molar-refractivity contribution in [1.29, 1.82) is 0 Å². The second kappa shape index (κ2) is 7.84. The van der Waals surface area contributed by atoms with Crippen LogP contribution in [0.5, 0.6) is 0 Å². The fraction of sp³-hybridized carbons (Fsp3) is 0.105. The number of anilines is 5. The van der Waals surface area contributed by atoms with E-state index in [1.807, 2.05) is 49.4 Å². The molecule has 0 bridgehead atoms. The predicted octanol–water partition coefficient (Wildman–Crippen LogP) is 4.88. The van der Waals surface area contributed by atoms with E-state index in [-0.39, 0.29) is 5.91 Å². The quantitative estimate of drug-likeness (QED) is 0.598. The number of nitrogens with zero attached hydrogens (tertiary/aromatic N) is 2. The zero-order chi connectivity index (χ0) is 18.5. The first-order valence-corrected chi connectivity index (χ1v) is 8.38. The molecule has 3 aromatic rings. The second-order valence-corrected chi connectivity index (χ2v) is 6.17. The molecule has 0 atom stereocenters. The molecule has 1 amide bonds. The Labute approximate surface area is 156 Å². The van der Waals surface area contributed by atoms with Gasteiger partial charge in [0.1, 0.15) is 5.82 Å². The molecule has 26 heavy (non-hydrogen) atoms. The molecule has 1 aromatic heterocycles. The second-order valence-electron chi connectivity index (χ2n) is 5.73. The minimum Gasteiger partial charge on any atom is -0.340 e. The molecule has 2 aromatic carbocycles. The number of benzene rings is 2. The molecule has 0 radical (unpaired) electrons. The largest absolute Gasteiger partial charge is 0.340 e. The van der Waals surface area contributed by atoms with Crippen molar-refractivity contribution in [2.24, 2.45) is 0 Å². The highest BCUT2D eigenvalue weighted by Gasteiger charge is 2.04. The molecule has 0 aliphatic carbocycles. The fourth-order valence-corrected chi connectivity index (χ4v) is 2.59. The summed E-state index contributed by atoms with van der Waals surface area (Å²) in [6.07, 6.45) is 1.68. The average molecular weight is 368 g/mol. The lowest BCUT2D eigenvalue weighted by atomic mass is 10.2. The maximum absolute atomic E-state index is 11.1. The Hall–Kier alpha value is -3.12. The first kappa shape index (κ1) is 17.7. The van der Waals surface area contributed by atoms with E-state index >= 15 is 0 Å². The molecule has 1 heterocycles. The van der Waals surface area contributed by atoms with Crippen LogP contribution in [0.2, 0.25) is 5.02 Å². The molecule has 0 fully saturated rings. The minimum absolute atomic E-state index is 0.102. The van der Waals surface area contributed by atoms with Gasteiger partial charge in [0.05, 0.1) is 0 Å². The smallest absolute Gasteiger partial charge is 0.229 e. The molecule has 132 valence electrons. The molecule has 3 N–H and O–H groups in total. The van der Waals surface area contributed by atoms with E-state index in [1.165, 1.54) is 6.92 Å². The Morgan fingerprint density at radius 3 is 2.42 bits per heavy atom. The predicted molar refractivity (Wildman–Crippen MR) is 106 cm³/mol. The minimum atomic E-state index is -0.102. The zero-order valence-electron chi connectivity index (χ0n) is 14.4. The highest BCUT2D eigenvalue weighted by molar-refractivity contribution is 6.30. The van der Waals surface area contributed by atoms with E-state index in [1.54, 1.807) is 12.3 Å². The van der Waals surface area contributed by atoms with Crippen LogP contribution in [0.1, 0.15) is 12.5 Å². The van der Waals surface area contributed by atoms with Crippen molar-refractivity contribution in [3.05, 3.63) is 65.3 Å². The Morgan fingerprint density at radius 2 is 1.73 bits per heavy atom. The molecule has 0 aliphatic rings. The van der Waals surface area contributed by atoms with Gasteiger partial charge in [0.15, 0.2) is 0 Å². The number of aromatic nitrogens is 2. The van der Waals surface area contributed by atoms with Crippen molar-refractivity contribution < 1.29 is 4.79 Å². The van der Waals surface area contributed by atoms with Gasteiger partial charge >= 0.3 is 0 Å².